The number of carboxylic acids is 1. The summed E-state index contributed by atoms with van der Waals surface area (Å²) in [6, 6.07) is 9.09. The lowest BCUT2D eigenvalue weighted by Crippen LogP contribution is -2.06. The average molecular weight is 430 g/mol. The average Bonchev–Trinajstić information content (AvgIpc) is 3.14. The van der Waals surface area contributed by atoms with Crippen molar-refractivity contribution < 1.29 is 9.90 Å². The van der Waals surface area contributed by atoms with Gasteiger partial charge in [-0.05, 0) is 61.6 Å². The third kappa shape index (κ3) is 5.22. The highest BCUT2D eigenvalue weighted by Gasteiger charge is 2.14. The molecule has 0 radical (unpaired) electrons. The lowest BCUT2D eigenvalue weighted by Gasteiger charge is -2.10. The highest BCUT2D eigenvalue weighted by Crippen LogP contribution is 2.22. The van der Waals surface area contributed by atoms with Crippen LogP contribution < -0.4 is 0 Å². The molecule has 0 saturated carbocycles. The fourth-order valence-electron chi connectivity index (χ4n) is 3.77. The molecular formula is C27H31N3O2. The van der Waals surface area contributed by atoms with Crippen LogP contribution in [-0.2, 0) is 13.0 Å². The molecule has 3 aromatic rings. The molecule has 0 aliphatic rings. The largest absolute Gasteiger partial charge is 0.478 e. The first-order valence-electron chi connectivity index (χ1n) is 11.1. The van der Waals surface area contributed by atoms with Crippen molar-refractivity contribution in [1.82, 2.24) is 14.5 Å². The van der Waals surface area contributed by atoms with Gasteiger partial charge in [-0.25, -0.2) is 14.8 Å². The van der Waals surface area contributed by atoms with Crippen LogP contribution in [0.25, 0.3) is 16.7 Å². The molecule has 32 heavy (non-hydrogen) atoms. The van der Waals surface area contributed by atoms with Crippen LogP contribution in [0, 0.1) is 6.92 Å². The van der Waals surface area contributed by atoms with Gasteiger partial charge in [-0.3, -0.25) is 0 Å². The van der Waals surface area contributed by atoms with Crippen LogP contribution >= 0.6 is 0 Å². The highest BCUT2D eigenvalue weighted by molar-refractivity contribution is 5.94. The summed E-state index contributed by atoms with van der Waals surface area (Å²) < 4.78 is 2.21. The van der Waals surface area contributed by atoms with Crippen molar-refractivity contribution in [2.24, 2.45) is 0 Å². The Balaban J connectivity index is 2.01. The van der Waals surface area contributed by atoms with E-state index in [1.165, 1.54) is 0 Å². The van der Waals surface area contributed by atoms with E-state index >= 15 is 0 Å². The van der Waals surface area contributed by atoms with Gasteiger partial charge < -0.3 is 9.67 Å². The SMILES string of the molecule is C\C=C/C(=C\C=C(/C)c1ccccc1C(=O)O)Cn1c(CCCC)nc2c(C)ccnc21. The highest BCUT2D eigenvalue weighted by atomic mass is 16.4. The van der Waals surface area contributed by atoms with E-state index in [9.17, 15) is 9.90 Å². The van der Waals surface area contributed by atoms with E-state index < -0.39 is 5.97 Å². The zero-order valence-corrected chi connectivity index (χ0v) is 19.3. The summed E-state index contributed by atoms with van der Waals surface area (Å²) >= 11 is 0. The molecule has 0 aliphatic carbocycles. The maximum absolute atomic E-state index is 11.6. The maximum Gasteiger partial charge on any atom is 0.336 e. The van der Waals surface area contributed by atoms with Crippen molar-refractivity contribution in [3.63, 3.8) is 0 Å². The summed E-state index contributed by atoms with van der Waals surface area (Å²) in [5.41, 5.74) is 6.03. The van der Waals surface area contributed by atoms with E-state index in [0.717, 1.165) is 58.5 Å². The fraction of sp³-hybridized carbons (Fsp3) is 0.296. The molecule has 0 saturated heterocycles. The Bertz CT molecular complexity index is 1200. The van der Waals surface area contributed by atoms with E-state index in [2.05, 4.69) is 35.6 Å². The van der Waals surface area contributed by atoms with Crippen molar-refractivity contribution in [2.45, 2.75) is 53.5 Å². The number of nitrogens with zero attached hydrogens (tertiary/aromatic N) is 3. The molecule has 0 spiro atoms. The predicted molar refractivity (Wildman–Crippen MR) is 131 cm³/mol. The summed E-state index contributed by atoms with van der Waals surface area (Å²) in [5, 5.41) is 9.50. The molecule has 0 unspecified atom stereocenters. The monoisotopic (exact) mass is 429 g/mol. The van der Waals surface area contributed by atoms with E-state index in [1.807, 2.05) is 50.4 Å². The molecule has 0 atom stereocenters. The van der Waals surface area contributed by atoms with Gasteiger partial charge in [-0.15, -0.1) is 0 Å². The van der Waals surface area contributed by atoms with Crippen LogP contribution in [-0.4, -0.2) is 25.6 Å². The van der Waals surface area contributed by atoms with Crippen molar-refractivity contribution in [1.29, 1.82) is 0 Å². The van der Waals surface area contributed by atoms with Crippen molar-refractivity contribution in [3.8, 4) is 0 Å². The van der Waals surface area contributed by atoms with Gasteiger partial charge in [-0.2, -0.15) is 0 Å². The Morgan fingerprint density at radius 2 is 1.91 bits per heavy atom. The maximum atomic E-state index is 11.6. The van der Waals surface area contributed by atoms with Crippen LogP contribution in [0.15, 0.2) is 66.4 Å². The van der Waals surface area contributed by atoms with Crippen molar-refractivity contribution in [3.05, 3.63) is 88.9 Å². The molecule has 0 bridgehead atoms. The summed E-state index contributed by atoms with van der Waals surface area (Å²) in [7, 11) is 0. The number of pyridine rings is 1. The first-order valence-corrected chi connectivity index (χ1v) is 11.1. The van der Waals surface area contributed by atoms with Crippen LogP contribution in [0.3, 0.4) is 0 Å². The number of imidazole rings is 1. The van der Waals surface area contributed by atoms with E-state index in [0.29, 0.717) is 12.1 Å². The number of carbonyl (C=O) groups is 1. The van der Waals surface area contributed by atoms with Gasteiger partial charge in [0.05, 0.1) is 12.1 Å². The molecule has 1 aromatic carbocycles. The third-order valence-corrected chi connectivity index (χ3v) is 5.52. The normalized spacial score (nSPS) is 12.8. The standard InChI is InChI=1S/C27H31N3O2/c1-5-7-13-24-29-25-20(4)16-17-28-26(25)30(24)18-21(10-6-2)15-14-19(3)22-11-8-9-12-23(22)27(31)32/h6,8-12,14-17H,5,7,13,18H2,1-4H3,(H,31,32)/b10-6-,19-14+,21-15+. The molecule has 2 heterocycles. The summed E-state index contributed by atoms with van der Waals surface area (Å²) in [6.45, 7) is 8.84. The lowest BCUT2D eigenvalue weighted by atomic mass is 10.00. The molecule has 166 valence electrons. The molecular weight excluding hydrogens is 398 g/mol. The number of aromatic nitrogens is 3. The third-order valence-electron chi connectivity index (χ3n) is 5.52. The number of hydrogen-bond acceptors (Lipinski definition) is 3. The van der Waals surface area contributed by atoms with E-state index in [1.54, 1.807) is 12.1 Å². The number of aryl methyl sites for hydroxylation is 2. The van der Waals surface area contributed by atoms with Gasteiger partial charge in [0.2, 0.25) is 0 Å². The van der Waals surface area contributed by atoms with Crippen LogP contribution in [0.2, 0.25) is 0 Å². The second-order valence-corrected chi connectivity index (χ2v) is 7.96. The fourth-order valence-corrected chi connectivity index (χ4v) is 3.77. The predicted octanol–water partition coefficient (Wildman–Crippen LogP) is 6.39. The van der Waals surface area contributed by atoms with Gasteiger partial charge >= 0.3 is 5.97 Å². The topological polar surface area (TPSA) is 68.0 Å². The number of allylic oxidation sites excluding steroid dienone is 6. The Hall–Kier alpha value is -3.47. The number of hydrogen-bond donors (Lipinski definition) is 1. The number of aromatic carboxylic acids is 1. The summed E-state index contributed by atoms with van der Waals surface area (Å²) in [5.74, 6) is 0.133. The molecule has 5 nitrogen and oxygen atoms in total. The second-order valence-electron chi connectivity index (χ2n) is 7.96. The summed E-state index contributed by atoms with van der Waals surface area (Å²) in [6.07, 6.45) is 13.1. The second kappa shape index (κ2) is 10.7. The Labute approximate surface area is 189 Å². The Kier molecular flexibility index (Phi) is 7.77. The Morgan fingerprint density at radius 3 is 2.59 bits per heavy atom. The number of unbranched alkanes of at least 4 members (excludes halogenated alkanes) is 1. The number of carboxylic acid groups (broad SMARTS) is 1. The number of fused-ring (bicyclic) bond motifs is 1. The van der Waals surface area contributed by atoms with Crippen LogP contribution in [0.1, 0.15) is 60.9 Å². The van der Waals surface area contributed by atoms with E-state index in [4.69, 9.17) is 4.98 Å². The summed E-state index contributed by atoms with van der Waals surface area (Å²) in [4.78, 5) is 21.1. The molecule has 2 aromatic heterocycles. The van der Waals surface area contributed by atoms with Gasteiger partial charge in [-0.1, -0.05) is 55.8 Å². The number of rotatable bonds is 9. The van der Waals surface area contributed by atoms with Gasteiger partial charge in [0.1, 0.15) is 11.3 Å². The molecule has 3 rings (SSSR count). The van der Waals surface area contributed by atoms with Gasteiger partial charge in [0.15, 0.2) is 5.65 Å². The van der Waals surface area contributed by atoms with Crippen LogP contribution in [0.5, 0.6) is 0 Å². The van der Waals surface area contributed by atoms with Gasteiger partial charge in [0.25, 0.3) is 0 Å². The minimum Gasteiger partial charge on any atom is -0.478 e. The van der Waals surface area contributed by atoms with Gasteiger partial charge in [0, 0.05) is 12.6 Å². The van der Waals surface area contributed by atoms with E-state index in [-0.39, 0.29) is 0 Å². The molecule has 0 fully saturated rings. The molecule has 5 heteroatoms. The number of benzene rings is 1. The minimum absolute atomic E-state index is 0.310. The smallest absolute Gasteiger partial charge is 0.336 e. The lowest BCUT2D eigenvalue weighted by molar-refractivity contribution is 0.0696. The first kappa shape index (κ1) is 23.2. The minimum atomic E-state index is -0.919. The van der Waals surface area contributed by atoms with Crippen LogP contribution in [0.4, 0.5) is 0 Å². The Morgan fingerprint density at radius 1 is 1.16 bits per heavy atom. The van der Waals surface area contributed by atoms with Crippen molar-refractivity contribution >= 4 is 22.7 Å². The molecule has 0 amide bonds. The molecule has 0 aliphatic heterocycles. The first-order chi connectivity index (χ1) is 15.5. The quantitative estimate of drug-likeness (QED) is 0.400. The zero-order valence-electron chi connectivity index (χ0n) is 19.3. The zero-order chi connectivity index (χ0) is 23.1. The molecule has 1 N–H and O–H groups in total. The van der Waals surface area contributed by atoms with Crippen molar-refractivity contribution in [2.75, 3.05) is 0 Å².